The number of aromatic nitrogens is 2. The van der Waals surface area contributed by atoms with Crippen molar-refractivity contribution in [1.82, 2.24) is 9.97 Å². The third kappa shape index (κ3) is 4.27. The average Bonchev–Trinajstić information content (AvgIpc) is 2.64. The largest absolute Gasteiger partial charge is 0.394 e. The monoisotopic (exact) mass is 408 g/mol. The molecule has 1 unspecified atom stereocenters. The molecular weight excluding hydrogens is 387 g/mol. The van der Waals surface area contributed by atoms with Crippen molar-refractivity contribution in [3.05, 3.63) is 46.4 Å². The van der Waals surface area contributed by atoms with Gasteiger partial charge >= 0.3 is 0 Å². The predicted octanol–water partition coefficient (Wildman–Crippen LogP) is 3.37. The van der Waals surface area contributed by atoms with E-state index in [1.165, 1.54) is 12.4 Å². The van der Waals surface area contributed by atoms with Gasteiger partial charge in [0.15, 0.2) is 0 Å². The number of rotatable bonds is 5. The Morgan fingerprint density at radius 2 is 2.16 bits per heavy atom. The molecule has 0 aliphatic carbocycles. The summed E-state index contributed by atoms with van der Waals surface area (Å²) in [4.78, 5) is 12.7. The Hall–Kier alpha value is -1.73. The zero-order chi connectivity index (χ0) is 17.8. The van der Waals surface area contributed by atoms with Crippen LogP contribution in [0.2, 0.25) is 0 Å². The number of halogens is 2. The van der Waals surface area contributed by atoms with Crippen LogP contribution in [0.15, 0.2) is 35.1 Å². The van der Waals surface area contributed by atoms with Crippen LogP contribution in [0.4, 0.5) is 16.0 Å². The molecule has 1 saturated heterocycles. The molecule has 2 heterocycles. The smallest absolute Gasteiger partial charge is 0.134 e. The summed E-state index contributed by atoms with van der Waals surface area (Å²) in [5, 5.41) is 9.61. The van der Waals surface area contributed by atoms with Gasteiger partial charge in [-0.3, -0.25) is 0 Å². The quantitative estimate of drug-likeness (QED) is 0.821. The first kappa shape index (κ1) is 18.1. The Morgan fingerprint density at radius 3 is 2.96 bits per heavy atom. The zero-order valence-electron chi connectivity index (χ0n) is 14.2. The van der Waals surface area contributed by atoms with Crippen molar-refractivity contribution in [2.45, 2.75) is 31.8 Å². The molecule has 2 aromatic rings. The molecule has 1 aromatic carbocycles. The van der Waals surface area contributed by atoms with E-state index in [0.717, 1.165) is 41.9 Å². The van der Waals surface area contributed by atoms with Crippen LogP contribution in [0.25, 0.3) is 0 Å². The Balaban J connectivity index is 1.79. The molecule has 1 aromatic heterocycles. The lowest BCUT2D eigenvalue weighted by atomic mass is 10.0. The second-order valence-corrected chi connectivity index (χ2v) is 7.27. The number of piperidine rings is 1. The van der Waals surface area contributed by atoms with Crippen LogP contribution in [0.1, 0.15) is 24.8 Å². The van der Waals surface area contributed by atoms with E-state index in [1.807, 2.05) is 18.0 Å². The summed E-state index contributed by atoms with van der Waals surface area (Å²) in [5.74, 6) is 1.30. The fourth-order valence-electron chi connectivity index (χ4n) is 3.20. The third-order valence-corrected chi connectivity index (χ3v) is 5.07. The maximum absolute atomic E-state index is 14.0. The van der Waals surface area contributed by atoms with E-state index in [0.29, 0.717) is 12.1 Å². The summed E-state index contributed by atoms with van der Waals surface area (Å²) >= 11 is 3.38. The molecule has 3 rings (SSSR count). The molecule has 1 fully saturated rings. The van der Waals surface area contributed by atoms with Crippen molar-refractivity contribution in [2.24, 2.45) is 0 Å². The first-order chi connectivity index (χ1) is 12.1. The number of aliphatic hydroxyl groups excluding tert-OH is 1. The Morgan fingerprint density at radius 1 is 1.32 bits per heavy atom. The van der Waals surface area contributed by atoms with Crippen molar-refractivity contribution in [3.8, 4) is 0 Å². The average molecular weight is 409 g/mol. The van der Waals surface area contributed by atoms with Crippen molar-refractivity contribution >= 4 is 27.6 Å². The molecule has 0 radical (unpaired) electrons. The molecule has 0 spiro atoms. The van der Waals surface area contributed by atoms with Crippen LogP contribution in [0, 0.1) is 5.82 Å². The maximum Gasteiger partial charge on any atom is 0.134 e. The highest BCUT2D eigenvalue weighted by molar-refractivity contribution is 9.10. The molecular formula is C18H22BrFN4O. The van der Waals surface area contributed by atoms with Gasteiger partial charge in [0.1, 0.15) is 23.8 Å². The maximum atomic E-state index is 14.0. The number of anilines is 2. The van der Waals surface area contributed by atoms with Crippen molar-refractivity contribution in [3.63, 3.8) is 0 Å². The molecule has 25 heavy (non-hydrogen) atoms. The fraction of sp³-hybridized carbons (Fsp3) is 0.444. The second-order valence-electron chi connectivity index (χ2n) is 6.35. The lowest BCUT2D eigenvalue weighted by Gasteiger charge is -2.35. The first-order valence-electron chi connectivity index (χ1n) is 8.43. The lowest BCUT2D eigenvalue weighted by Crippen LogP contribution is -2.42. The van der Waals surface area contributed by atoms with Gasteiger partial charge in [0.05, 0.1) is 12.6 Å². The van der Waals surface area contributed by atoms with Gasteiger partial charge in [0, 0.05) is 36.2 Å². The fourth-order valence-corrected chi connectivity index (χ4v) is 3.60. The number of hydrogen-bond donors (Lipinski definition) is 1. The van der Waals surface area contributed by atoms with E-state index in [2.05, 4.69) is 30.8 Å². The van der Waals surface area contributed by atoms with E-state index < -0.39 is 0 Å². The Bertz CT molecular complexity index is 730. The van der Waals surface area contributed by atoms with E-state index >= 15 is 0 Å². The van der Waals surface area contributed by atoms with Crippen LogP contribution in [0.3, 0.4) is 0 Å². The molecule has 0 amide bonds. The number of aliphatic hydroxyl groups is 1. The van der Waals surface area contributed by atoms with Crippen LogP contribution in [0.5, 0.6) is 0 Å². The molecule has 1 aliphatic rings. The third-order valence-electron chi connectivity index (χ3n) is 4.58. The molecule has 5 nitrogen and oxygen atoms in total. The van der Waals surface area contributed by atoms with Crippen molar-refractivity contribution in [1.29, 1.82) is 0 Å². The molecule has 1 N–H and O–H groups in total. The van der Waals surface area contributed by atoms with Crippen LogP contribution in [-0.2, 0) is 6.54 Å². The second kappa shape index (κ2) is 8.10. The summed E-state index contributed by atoms with van der Waals surface area (Å²) in [6.07, 6.45) is 4.72. The molecule has 134 valence electrons. The van der Waals surface area contributed by atoms with Gasteiger partial charge in [-0.2, -0.15) is 0 Å². The number of nitrogens with zero attached hydrogens (tertiary/aromatic N) is 4. The van der Waals surface area contributed by atoms with Gasteiger partial charge in [-0.15, -0.1) is 0 Å². The summed E-state index contributed by atoms with van der Waals surface area (Å²) in [5.41, 5.74) is 0.600. The molecule has 1 aliphatic heterocycles. The van der Waals surface area contributed by atoms with Crippen LogP contribution >= 0.6 is 15.9 Å². The van der Waals surface area contributed by atoms with Gasteiger partial charge in [-0.1, -0.05) is 15.9 Å². The van der Waals surface area contributed by atoms with Gasteiger partial charge < -0.3 is 14.9 Å². The minimum Gasteiger partial charge on any atom is -0.394 e. The van der Waals surface area contributed by atoms with E-state index in [4.69, 9.17) is 0 Å². The Labute approximate surface area is 155 Å². The van der Waals surface area contributed by atoms with Gasteiger partial charge in [-0.25, -0.2) is 14.4 Å². The SMILES string of the molecule is CN(Cc1cc(Br)ccc1F)c1cc(N2CCCCC2CO)ncn1. The highest BCUT2D eigenvalue weighted by Gasteiger charge is 2.23. The standard InChI is InChI=1S/C18H22BrFN4O/c1-23(10-13-8-14(19)5-6-16(13)20)17-9-18(22-12-21-17)24-7-3-2-4-15(24)11-25/h5-6,8-9,12,15,25H,2-4,7,10-11H2,1H3. The lowest BCUT2D eigenvalue weighted by molar-refractivity contribution is 0.239. The normalized spacial score (nSPS) is 17.6. The summed E-state index contributed by atoms with van der Waals surface area (Å²) in [7, 11) is 1.88. The van der Waals surface area contributed by atoms with Crippen LogP contribution < -0.4 is 9.80 Å². The minimum absolute atomic E-state index is 0.101. The van der Waals surface area contributed by atoms with Gasteiger partial charge in [0.2, 0.25) is 0 Å². The minimum atomic E-state index is -0.235. The van der Waals surface area contributed by atoms with Crippen molar-refractivity contribution < 1.29 is 9.50 Å². The van der Waals surface area contributed by atoms with E-state index in [1.54, 1.807) is 12.1 Å². The summed E-state index contributed by atoms with van der Waals surface area (Å²) < 4.78 is 14.8. The Kier molecular flexibility index (Phi) is 5.86. The van der Waals surface area contributed by atoms with Gasteiger partial charge in [0.25, 0.3) is 0 Å². The summed E-state index contributed by atoms with van der Waals surface area (Å²) in [6.45, 7) is 1.41. The molecule has 0 saturated carbocycles. The molecule has 7 heteroatoms. The highest BCUT2D eigenvalue weighted by Crippen LogP contribution is 2.26. The first-order valence-corrected chi connectivity index (χ1v) is 9.22. The molecule has 1 atom stereocenters. The topological polar surface area (TPSA) is 52.5 Å². The summed E-state index contributed by atoms with van der Waals surface area (Å²) in [6, 6.07) is 6.93. The van der Waals surface area contributed by atoms with E-state index in [9.17, 15) is 9.50 Å². The number of benzene rings is 1. The number of hydrogen-bond acceptors (Lipinski definition) is 5. The van der Waals surface area contributed by atoms with Crippen LogP contribution in [-0.4, -0.2) is 41.3 Å². The van der Waals surface area contributed by atoms with Gasteiger partial charge in [-0.05, 0) is 37.5 Å². The predicted molar refractivity (Wildman–Crippen MR) is 100 cm³/mol. The van der Waals surface area contributed by atoms with E-state index in [-0.39, 0.29) is 18.5 Å². The highest BCUT2D eigenvalue weighted by atomic mass is 79.9. The van der Waals surface area contributed by atoms with Crippen molar-refractivity contribution in [2.75, 3.05) is 30.0 Å². The molecule has 0 bridgehead atoms. The zero-order valence-corrected chi connectivity index (χ0v) is 15.8.